The third-order valence-electron chi connectivity index (χ3n) is 2.26. The van der Waals surface area contributed by atoms with E-state index in [4.69, 9.17) is 16.0 Å². The Balaban J connectivity index is 2.25. The topological polar surface area (TPSA) is 64.1 Å². The molecule has 0 saturated heterocycles. The molecular weight excluding hydrogens is 230 g/mol. The number of aromatic nitrogens is 3. The van der Waals surface area contributed by atoms with E-state index in [1.54, 1.807) is 16.8 Å². The Kier molecular flexibility index (Phi) is 3.26. The van der Waals surface area contributed by atoms with Gasteiger partial charge in [-0.15, -0.1) is 0 Å². The van der Waals surface area contributed by atoms with Crippen molar-refractivity contribution in [1.82, 2.24) is 14.8 Å². The highest BCUT2D eigenvalue weighted by atomic mass is 35.5. The number of aliphatic hydroxyl groups excluding tert-OH is 1. The maximum absolute atomic E-state index is 9.56. The summed E-state index contributed by atoms with van der Waals surface area (Å²) in [5.74, 6) is 1.12. The van der Waals surface area contributed by atoms with Crippen LogP contribution in [0, 0.1) is 0 Å². The molecule has 2 heterocycles. The van der Waals surface area contributed by atoms with Gasteiger partial charge in [0, 0.05) is 0 Å². The summed E-state index contributed by atoms with van der Waals surface area (Å²) in [7, 11) is 0. The molecule has 0 spiro atoms. The van der Waals surface area contributed by atoms with Crippen LogP contribution in [0.1, 0.15) is 13.3 Å². The van der Waals surface area contributed by atoms with Crippen LogP contribution in [0.3, 0.4) is 0 Å². The van der Waals surface area contributed by atoms with Gasteiger partial charge in [-0.2, -0.15) is 5.10 Å². The molecule has 1 N–H and O–H groups in total. The lowest BCUT2D eigenvalue weighted by atomic mass is 10.3. The van der Waals surface area contributed by atoms with Crippen LogP contribution in [0.15, 0.2) is 22.9 Å². The van der Waals surface area contributed by atoms with Crippen molar-refractivity contribution in [3.05, 3.63) is 23.7 Å². The van der Waals surface area contributed by atoms with Gasteiger partial charge >= 0.3 is 0 Å². The largest absolute Gasteiger partial charge is 0.441 e. The molecule has 0 saturated carbocycles. The molecular formula is C10H12ClN3O2. The Hall–Kier alpha value is -1.33. The van der Waals surface area contributed by atoms with E-state index in [1.165, 1.54) is 6.33 Å². The minimum atomic E-state index is -0.439. The van der Waals surface area contributed by atoms with Crippen LogP contribution in [-0.2, 0) is 6.54 Å². The molecule has 1 unspecified atom stereocenters. The minimum absolute atomic E-state index is 0.306. The molecule has 86 valence electrons. The zero-order chi connectivity index (χ0) is 11.5. The van der Waals surface area contributed by atoms with Crippen LogP contribution in [-0.4, -0.2) is 26.0 Å². The maximum atomic E-state index is 9.56. The van der Waals surface area contributed by atoms with Gasteiger partial charge in [0.2, 0.25) is 0 Å². The Labute approximate surface area is 97.7 Å². The van der Waals surface area contributed by atoms with E-state index < -0.39 is 6.10 Å². The third-order valence-corrected chi connectivity index (χ3v) is 2.47. The molecule has 0 fully saturated rings. The molecule has 2 aromatic rings. The molecule has 0 aliphatic carbocycles. The average molecular weight is 242 g/mol. The highest BCUT2D eigenvalue weighted by Gasteiger charge is 2.13. The number of aliphatic hydroxyl groups is 1. The normalized spacial score (nSPS) is 12.9. The zero-order valence-corrected chi connectivity index (χ0v) is 9.55. The second kappa shape index (κ2) is 4.67. The number of furan rings is 1. The lowest BCUT2D eigenvalue weighted by Crippen LogP contribution is -2.16. The van der Waals surface area contributed by atoms with Crippen LogP contribution in [0.4, 0.5) is 0 Å². The van der Waals surface area contributed by atoms with Gasteiger partial charge in [-0.1, -0.05) is 6.92 Å². The summed E-state index contributed by atoms with van der Waals surface area (Å²) in [5, 5.41) is 13.9. The van der Waals surface area contributed by atoms with Gasteiger partial charge in [0.05, 0.1) is 12.6 Å². The fraction of sp³-hybridized carbons (Fsp3) is 0.400. The van der Waals surface area contributed by atoms with Crippen molar-refractivity contribution in [3.8, 4) is 11.6 Å². The Morgan fingerprint density at radius 1 is 1.56 bits per heavy atom. The molecule has 5 nitrogen and oxygen atoms in total. The van der Waals surface area contributed by atoms with Crippen LogP contribution in [0.5, 0.6) is 0 Å². The first-order valence-electron chi connectivity index (χ1n) is 5.02. The summed E-state index contributed by atoms with van der Waals surface area (Å²) in [6.45, 7) is 2.30. The molecule has 16 heavy (non-hydrogen) atoms. The SMILES string of the molecule is CCC(O)Cn1ncnc1-c1ccc(Cl)o1. The molecule has 0 aliphatic rings. The first-order chi connectivity index (χ1) is 7.70. The molecule has 2 aromatic heterocycles. The summed E-state index contributed by atoms with van der Waals surface area (Å²) in [5.41, 5.74) is 0. The fourth-order valence-electron chi connectivity index (χ4n) is 1.35. The van der Waals surface area contributed by atoms with Crippen molar-refractivity contribution in [2.45, 2.75) is 26.0 Å². The van der Waals surface area contributed by atoms with E-state index in [0.29, 0.717) is 29.8 Å². The predicted octanol–water partition coefficient (Wildman–Crippen LogP) is 1.96. The van der Waals surface area contributed by atoms with Gasteiger partial charge in [-0.3, -0.25) is 0 Å². The molecule has 1 atom stereocenters. The zero-order valence-electron chi connectivity index (χ0n) is 8.80. The molecule has 0 bridgehead atoms. The third kappa shape index (κ3) is 2.25. The van der Waals surface area contributed by atoms with Crippen LogP contribution < -0.4 is 0 Å². The van der Waals surface area contributed by atoms with E-state index in [9.17, 15) is 5.11 Å². The standard InChI is InChI=1S/C10H12ClN3O2/c1-2-7(15)5-14-10(12-6-13-14)8-3-4-9(11)16-8/h3-4,6-7,15H,2,5H2,1H3. The van der Waals surface area contributed by atoms with E-state index in [1.807, 2.05) is 6.92 Å². The second-order valence-electron chi connectivity index (χ2n) is 3.43. The van der Waals surface area contributed by atoms with Gasteiger partial charge in [0.15, 0.2) is 16.8 Å². The first-order valence-corrected chi connectivity index (χ1v) is 5.40. The van der Waals surface area contributed by atoms with Gasteiger partial charge in [0.1, 0.15) is 6.33 Å². The van der Waals surface area contributed by atoms with Crippen molar-refractivity contribution >= 4 is 11.6 Å². The highest BCUT2D eigenvalue weighted by molar-refractivity contribution is 6.28. The van der Waals surface area contributed by atoms with Crippen LogP contribution in [0.2, 0.25) is 5.22 Å². The molecule has 0 radical (unpaired) electrons. The molecule has 6 heteroatoms. The number of rotatable bonds is 4. The Morgan fingerprint density at radius 3 is 3.00 bits per heavy atom. The van der Waals surface area contributed by atoms with Gasteiger partial charge in [-0.05, 0) is 30.2 Å². The molecule has 0 amide bonds. The lowest BCUT2D eigenvalue weighted by molar-refractivity contribution is 0.145. The van der Waals surface area contributed by atoms with Gasteiger partial charge < -0.3 is 9.52 Å². The fourth-order valence-corrected chi connectivity index (χ4v) is 1.50. The number of nitrogens with zero attached hydrogens (tertiary/aromatic N) is 3. The summed E-state index contributed by atoms with van der Waals surface area (Å²) in [6, 6.07) is 3.37. The predicted molar refractivity (Wildman–Crippen MR) is 59.0 cm³/mol. The van der Waals surface area contributed by atoms with E-state index >= 15 is 0 Å². The quantitative estimate of drug-likeness (QED) is 0.889. The summed E-state index contributed by atoms with van der Waals surface area (Å²) >= 11 is 5.69. The van der Waals surface area contributed by atoms with Crippen molar-refractivity contribution in [1.29, 1.82) is 0 Å². The highest BCUT2D eigenvalue weighted by Crippen LogP contribution is 2.22. The molecule has 0 aromatic carbocycles. The summed E-state index contributed by atoms with van der Waals surface area (Å²) in [4.78, 5) is 4.08. The Bertz CT molecular complexity index is 466. The van der Waals surface area contributed by atoms with Crippen molar-refractivity contribution in [2.24, 2.45) is 0 Å². The number of halogens is 1. The lowest BCUT2D eigenvalue weighted by Gasteiger charge is -2.08. The van der Waals surface area contributed by atoms with E-state index in [-0.39, 0.29) is 0 Å². The van der Waals surface area contributed by atoms with E-state index in [2.05, 4.69) is 10.1 Å². The summed E-state index contributed by atoms with van der Waals surface area (Å²) < 4.78 is 6.84. The smallest absolute Gasteiger partial charge is 0.194 e. The first kappa shape index (κ1) is 11.2. The van der Waals surface area contributed by atoms with Crippen molar-refractivity contribution in [2.75, 3.05) is 0 Å². The van der Waals surface area contributed by atoms with Gasteiger partial charge in [-0.25, -0.2) is 9.67 Å². The molecule has 2 rings (SSSR count). The number of hydrogen-bond donors (Lipinski definition) is 1. The monoisotopic (exact) mass is 241 g/mol. The summed E-state index contributed by atoms with van der Waals surface area (Å²) in [6.07, 6.45) is 1.65. The van der Waals surface area contributed by atoms with Crippen LogP contribution in [0.25, 0.3) is 11.6 Å². The average Bonchev–Trinajstić information content (AvgIpc) is 2.86. The van der Waals surface area contributed by atoms with Crippen LogP contribution >= 0.6 is 11.6 Å². The van der Waals surface area contributed by atoms with E-state index in [0.717, 1.165) is 0 Å². The molecule has 0 aliphatic heterocycles. The minimum Gasteiger partial charge on any atom is -0.441 e. The van der Waals surface area contributed by atoms with Crippen molar-refractivity contribution in [3.63, 3.8) is 0 Å². The second-order valence-corrected chi connectivity index (χ2v) is 3.80. The van der Waals surface area contributed by atoms with Crippen molar-refractivity contribution < 1.29 is 9.52 Å². The van der Waals surface area contributed by atoms with Gasteiger partial charge in [0.25, 0.3) is 0 Å². The Morgan fingerprint density at radius 2 is 2.38 bits per heavy atom. The maximum Gasteiger partial charge on any atom is 0.194 e. The number of hydrogen-bond acceptors (Lipinski definition) is 4.